The molecule has 30 heavy (non-hydrogen) atoms. The van der Waals surface area contributed by atoms with E-state index in [-0.39, 0.29) is 31.3 Å². The number of nitrogens with zero attached hydrogens (tertiary/aromatic N) is 2. The van der Waals surface area contributed by atoms with E-state index in [0.29, 0.717) is 29.6 Å². The zero-order valence-corrected chi connectivity index (χ0v) is 16.2. The highest BCUT2D eigenvalue weighted by atomic mass is 16.5. The number of rotatable bonds is 7. The Kier molecular flexibility index (Phi) is 5.47. The molecule has 1 aromatic heterocycles. The van der Waals surface area contributed by atoms with Gasteiger partial charge in [0, 0.05) is 30.8 Å². The van der Waals surface area contributed by atoms with Gasteiger partial charge in [-0.3, -0.25) is 19.0 Å². The molecule has 0 saturated carbocycles. The number of aromatic nitrogens is 1. The van der Waals surface area contributed by atoms with Gasteiger partial charge in [-0.1, -0.05) is 12.1 Å². The van der Waals surface area contributed by atoms with Gasteiger partial charge in [-0.2, -0.15) is 0 Å². The first-order chi connectivity index (χ1) is 14.5. The maximum atomic E-state index is 12.3. The number of Topliss-reactive ketones (excluding diaryl/α,β-unsaturated/α-hetero) is 1. The molecule has 0 radical (unpaired) electrons. The van der Waals surface area contributed by atoms with Crippen molar-refractivity contribution >= 4 is 34.4 Å². The average Bonchev–Trinajstić information content (AvgIpc) is 3.32. The maximum Gasteiger partial charge on any atom is 0.419 e. The van der Waals surface area contributed by atoms with Crippen LogP contribution in [0.5, 0.6) is 0 Å². The number of ether oxygens (including phenoxy) is 1. The molecule has 1 aliphatic heterocycles. The first-order valence-corrected chi connectivity index (χ1v) is 9.70. The van der Waals surface area contributed by atoms with Gasteiger partial charge in [0.05, 0.1) is 11.9 Å². The summed E-state index contributed by atoms with van der Waals surface area (Å²) in [7, 11) is 0. The molecule has 2 heterocycles. The fraction of sp³-hybridized carbons (Fsp3) is 0.273. The predicted octanol–water partition coefficient (Wildman–Crippen LogP) is 2.54. The highest BCUT2D eigenvalue weighted by Crippen LogP contribution is 2.21. The van der Waals surface area contributed by atoms with Crippen LogP contribution in [0.4, 0.5) is 5.69 Å². The molecule has 1 amide bonds. The molecule has 0 bridgehead atoms. The number of ketones is 1. The first-order valence-electron chi connectivity index (χ1n) is 9.70. The van der Waals surface area contributed by atoms with Crippen molar-refractivity contribution in [3.63, 3.8) is 0 Å². The third-order valence-electron chi connectivity index (χ3n) is 5.05. The molecule has 1 saturated heterocycles. The third-order valence-corrected chi connectivity index (χ3v) is 5.05. The molecule has 0 N–H and O–H groups in total. The van der Waals surface area contributed by atoms with Gasteiger partial charge in [-0.25, -0.2) is 4.79 Å². The molecule has 154 valence electrons. The summed E-state index contributed by atoms with van der Waals surface area (Å²) < 4.78 is 11.5. The molecular weight excluding hydrogens is 388 g/mol. The second-order valence-corrected chi connectivity index (χ2v) is 7.02. The number of carbonyl (C=O) groups is 3. The number of anilines is 1. The van der Waals surface area contributed by atoms with Crippen molar-refractivity contribution in [2.75, 3.05) is 18.1 Å². The largest absolute Gasteiger partial charge is 0.457 e. The van der Waals surface area contributed by atoms with E-state index < -0.39 is 11.7 Å². The molecule has 8 nitrogen and oxygen atoms in total. The van der Waals surface area contributed by atoms with Crippen LogP contribution >= 0.6 is 0 Å². The number of carbonyl (C=O) groups excluding carboxylic acids is 3. The van der Waals surface area contributed by atoms with E-state index in [2.05, 4.69) is 0 Å². The van der Waals surface area contributed by atoms with Gasteiger partial charge in [-0.15, -0.1) is 0 Å². The van der Waals surface area contributed by atoms with Crippen molar-refractivity contribution < 1.29 is 23.5 Å². The number of fused-ring (bicyclic) bond motifs is 1. The minimum absolute atomic E-state index is 0.0628. The maximum absolute atomic E-state index is 12.3. The Bertz CT molecular complexity index is 1160. The summed E-state index contributed by atoms with van der Waals surface area (Å²) in [4.78, 5) is 49.7. The zero-order chi connectivity index (χ0) is 21.1. The molecule has 3 aromatic rings. The highest BCUT2D eigenvalue weighted by molar-refractivity contribution is 5.99. The van der Waals surface area contributed by atoms with Gasteiger partial charge < -0.3 is 14.1 Å². The fourth-order valence-electron chi connectivity index (χ4n) is 3.48. The monoisotopic (exact) mass is 408 g/mol. The van der Waals surface area contributed by atoms with Crippen LogP contribution in [0.1, 0.15) is 29.6 Å². The first kappa shape index (κ1) is 19.6. The molecule has 8 heteroatoms. The second kappa shape index (κ2) is 8.36. The van der Waals surface area contributed by atoms with Crippen molar-refractivity contribution in [3.05, 3.63) is 64.6 Å². The van der Waals surface area contributed by atoms with Crippen molar-refractivity contribution in [2.45, 2.75) is 25.8 Å². The van der Waals surface area contributed by atoms with Gasteiger partial charge in [-0.05, 0) is 42.8 Å². The van der Waals surface area contributed by atoms with Crippen molar-refractivity contribution in [1.29, 1.82) is 0 Å². The number of para-hydroxylation sites is 2. The average molecular weight is 408 g/mol. The lowest BCUT2D eigenvalue weighted by Crippen LogP contribution is -2.23. The Morgan fingerprint density at radius 2 is 1.80 bits per heavy atom. The van der Waals surface area contributed by atoms with Crippen LogP contribution in [0.2, 0.25) is 0 Å². The zero-order valence-electron chi connectivity index (χ0n) is 16.2. The van der Waals surface area contributed by atoms with Crippen molar-refractivity contribution in [2.24, 2.45) is 0 Å². The van der Waals surface area contributed by atoms with Gasteiger partial charge >= 0.3 is 11.7 Å². The SMILES string of the molecule is O=C(CCn1c(=O)oc2ccccc21)OCC(=O)c1ccc(N2CCCC2=O)cc1. The van der Waals surface area contributed by atoms with Crippen LogP contribution < -0.4 is 10.7 Å². The molecule has 1 aliphatic rings. The van der Waals surface area contributed by atoms with Gasteiger partial charge in [0.25, 0.3) is 0 Å². The molecule has 0 aliphatic carbocycles. The van der Waals surface area contributed by atoms with Crippen LogP contribution in [0, 0.1) is 0 Å². The molecule has 4 rings (SSSR count). The van der Waals surface area contributed by atoms with Crippen molar-refractivity contribution in [1.82, 2.24) is 4.57 Å². The van der Waals surface area contributed by atoms with Crippen LogP contribution in [-0.2, 0) is 20.9 Å². The van der Waals surface area contributed by atoms with Crippen LogP contribution in [0.3, 0.4) is 0 Å². The van der Waals surface area contributed by atoms with Crippen molar-refractivity contribution in [3.8, 4) is 0 Å². The smallest absolute Gasteiger partial charge is 0.419 e. The Balaban J connectivity index is 1.30. The summed E-state index contributed by atoms with van der Waals surface area (Å²) in [5.74, 6) is -1.39. The summed E-state index contributed by atoms with van der Waals surface area (Å²) in [6.07, 6.45) is 1.31. The van der Waals surface area contributed by atoms with E-state index in [9.17, 15) is 19.2 Å². The number of amides is 1. The number of aryl methyl sites for hydroxylation is 1. The third kappa shape index (κ3) is 4.03. The molecule has 0 unspecified atom stereocenters. The molecule has 0 spiro atoms. The van der Waals surface area contributed by atoms with Gasteiger partial charge in [0.1, 0.15) is 0 Å². The topological polar surface area (TPSA) is 98.8 Å². The summed E-state index contributed by atoms with van der Waals surface area (Å²) in [6, 6.07) is 13.6. The molecule has 1 fully saturated rings. The van der Waals surface area contributed by atoms with Crippen LogP contribution in [0.25, 0.3) is 11.1 Å². The quantitative estimate of drug-likeness (QED) is 0.440. The van der Waals surface area contributed by atoms with Gasteiger partial charge in [0.2, 0.25) is 5.91 Å². The predicted molar refractivity (Wildman–Crippen MR) is 108 cm³/mol. The minimum Gasteiger partial charge on any atom is -0.457 e. The number of hydrogen-bond donors (Lipinski definition) is 0. The number of benzene rings is 2. The Labute approximate surface area is 171 Å². The van der Waals surface area contributed by atoms with E-state index in [1.807, 2.05) is 0 Å². The Morgan fingerprint density at radius 3 is 2.53 bits per heavy atom. The number of esters is 1. The highest BCUT2D eigenvalue weighted by Gasteiger charge is 2.21. The summed E-state index contributed by atoms with van der Waals surface area (Å²) in [6.45, 7) is 0.391. The van der Waals surface area contributed by atoms with Crippen LogP contribution in [0.15, 0.2) is 57.7 Å². The molecule has 0 atom stereocenters. The van der Waals surface area contributed by atoms with E-state index in [4.69, 9.17) is 9.15 Å². The van der Waals surface area contributed by atoms with Crippen LogP contribution in [-0.4, -0.2) is 35.4 Å². The lowest BCUT2D eigenvalue weighted by Gasteiger charge is -2.15. The lowest BCUT2D eigenvalue weighted by atomic mass is 10.1. The minimum atomic E-state index is -0.584. The standard InChI is InChI=1S/C22H20N2O6/c25-18(15-7-9-16(10-8-15)23-12-3-6-20(23)26)14-29-21(27)11-13-24-17-4-1-2-5-19(17)30-22(24)28/h1-2,4-5,7-10H,3,6,11-14H2. The molecule has 2 aromatic carbocycles. The Hall–Kier alpha value is -3.68. The summed E-state index contributed by atoms with van der Waals surface area (Å²) in [5.41, 5.74) is 2.20. The van der Waals surface area contributed by atoms with E-state index in [1.54, 1.807) is 53.4 Å². The van der Waals surface area contributed by atoms with Gasteiger partial charge in [0.15, 0.2) is 18.0 Å². The van der Waals surface area contributed by atoms with E-state index in [1.165, 1.54) is 4.57 Å². The Morgan fingerprint density at radius 1 is 1.03 bits per heavy atom. The second-order valence-electron chi connectivity index (χ2n) is 7.02. The number of hydrogen-bond acceptors (Lipinski definition) is 6. The normalized spacial score (nSPS) is 13.7. The fourth-order valence-corrected chi connectivity index (χ4v) is 3.48. The van der Waals surface area contributed by atoms with E-state index in [0.717, 1.165) is 12.1 Å². The van der Waals surface area contributed by atoms with E-state index >= 15 is 0 Å². The summed E-state index contributed by atoms with van der Waals surface area (Å²) >= 11 is 0. The lowest BCUT2D eigenvalue weighted by molar-refractivity contribution is -0.142. The molecular formula is C22H20N2O6. The number of oxazole rings is 1. The summed E-state index contributed by atoms with van der Waals surface area (Å²) in [5, 5.41) is 0.